The summed E-state index contributed by atoms with van der Waals surface area (Å²) < 4.78 is 5.64. The summed E-state index contributed by atoms with van der Waals surface area (Å²) in [5, 5.41) is 7.05. The Kier molecular flexibility index (Phi) is 6.32. The molecule has 0 radical (unpaired) electrons. The Morgan fingerprint density at radius 1 is 1.16 bits per heavy atom. The third-order valence-corrected chi connectivity index (χ3v) is 5.72. The second kappa shape index (κ2) is 8.68. The van der Waals surface area contributed by atoms with E-state index in [-0.39, 0.29) is 5.54 Å². The number of likely N-dealkylation sites (tertiary alicyclic amines) is 1. The molecule has 5 heteroatoms. The zero-order valence-corrected chi connectivity index (χ0v) is 15.7. The molecule has 0 amide bonds. The first kappa shape index (κ1) is 18.2. The van der Waals surface area contributed by atoms with Gasteiger partial charge in [0.25, 0.3) is 0 Å². The monoisotopic (exact) mass is 344 g/mol. The molecule has 0 unspecified atom stereocenters. The highest BCUT2D eigenvalue weighted by Gasteiger charge is 2.39. The van der Waals surface area contributed by atoms with E-state index in [1.54, 1.807) is 0 Å². The van der Waals surface area contributed by atoms with Gasteiger partial charge in [-0.15, -0.1) is 0 Å². The Balaban J connectivity index is 1.58. The lowest BCUT2D eigenvalue weighted by Crippen LogP contribution is -2.58. The number of rotatable bonds is 5. The van der Waals surface area contributed by atoms with Crippen molar-refractivity contribution in [3.8, 4) is 0 Å². The van der Waals surface area contributed by atoms with Crippen molar-refractivity contribution in [2.24, 2.45) is 4.99 Å². The SMILES string of the molecule is CN=C(NCc1ccccc1C)NCC1(N2CCCC2)CCOCC1. The van der Waals surface area contributed by atoms with E-state index < -0.39 is 0 Å². The van der Waals surface area contributed by atoms with Crippen LogP contribution in [0, 0.1) is 6.92 Å². The highest BCUT2D eigenvalue weighted by atomic mass is 16.5. The highest BCUT2D eigenvalue weighted by Crippen LogP contribution is 2.30. The largest absolute Gasteiger partial charge is 0.381 e. The minimum atomic E-state index is 0.217. The number of guanidine groups is 1. The number of nitrogens with zero attached hydrogens (tertiary/aromatic N) is 2. The van der Waals surface area contributed by atoms with Gasteiger partial charge in [-0.25, -0.2) is 0 Å². The van der Waals surface area contributed by atoms with Crippen LogP contribution in [-0.2, 0) is 11.3 Å². The van der Waals surface area contributed by atoms with Gasteiger partial charge in [-0.3, -0.25) is 9.89 Å². The second-order valence-corrected chi connectivity index (χ2v) is 7.24. The van der Waals surface area contributed by atoms with Gasteiger partial charge in [0.15, 0.2) is 5.96 Å². The molecule has 2 aliphatic rings. The maximum atomic E-state index is 5.64. The molecule has 5 nitrogen and oxygen atoms in total. The van der Waals surface area contributed by atoms with Gasteiger partial charge in [0, 0.05) is 38.9 Å². The van der Waals surface area contributed by atoms with E-state index in [2.05, 4.69) is 51.7 Å². The van der Waals surface area contributed by atoms with Gasteiger partial charge in [-0.05, 0) is 56.8 Å². The fourth-order valence-corrected chi connectivity index (χ4v) is 4.00. The van der Waals surface area contributed by atoms with E-state index in [0.717, 1.165) is 45.1 Å². The van der Waals surface area contributed by atoms with Crippen LogP contribution in [0.25, 0.3) is 0 Å². The van der Waals surface area contributed by atoms with Crippen LogP contribution in [0.3, 0.4) is 0 Å². The minimum absolute atomic E-state index is 0.217. The molecule has 0 aliphatic carbocycles. The summed E-state index contributed by atoms with van der Waals surface area (Å²) in [5.41, 5.74) is 2.84. The number of benzene rings is 1. The normalized spacial score (nSPS) is 21.3. The van der Waals surface area contributed by atoms with Crippen LogP contribution in [0.4, 0.5) is 0 Å². The average molecular weight is 345 g/mol. The molecule has 1 aromatic carbocycles. The first-order valence-corrected chi connectivity index (χ1v) is 9.55. The zero-order chi connectivity index (χ0) is 17.5. The standard InChI is InChI=1S/C20H32N4O/c1-17-7-3-4-8-18(17)15-22-19(21-2)23-16-20(9-13-25-14-10-20)24-11-5-6-12-24/h3-4,7-8H,5-6,9-16H2,1-2H3,(H2,21,22,23). The lowest BCUT2D eigenvalue weighted by Gasteiger charge is -2.45. The first-order chi connectivity index (χ1) is 12.2. The van der Waals surface area contributed by atoms with Crippen molar-refractivity contribution in [2.75, 3.05) is 39.9 Å². The summed E-state index contributed by atoms with van der Waals surface area (Å²) in [4.78, 5) is 7.10. The number of nitrogens with one attached hydrogen (secondary N) is 2. The maximum Gasteiger partial charge on any atom is 0.191 e. The van der Waals surface area contributed by atoms with Gasteiger partial charge in [-0.1, -0.05) is 24.3 Å². The number of aryl methyl sites for hydroxylation is 1. The molecule has 2 aliphatic heterocycles. The second-order valence-electron chi connectivity index (χ2n) is 7.24. The van der Waals surface area contributed by atoms with Crippen LogP contribution in [0.5, 0.6) is 0 Å². The fourth-order valence-electron chi connectivity index (χ4n) is 4.00. The van der Waals surface area contributed by atoms with E-state index in [0.29, 0.717) is 0 Å². The summed E-state index contributed by atoms with van der Waals surface area (Å²) in [6.07, 6.45) is 4.86. The number of ether oxygens (including phenoxy) is 1. The Labute approximate surface area is 151 Å². The molecule has 2 N–H and O–H groups in total. The van der Waals surface area contributed by atoms with Crippen molar-refractivity contribution in [1.29, 1.82) is 0 Å². The molecule has 2 saturated heterocycles. The Hall–Kier alpha value is -1.59. The van der Waals surface area contributed by atoms with Gasteiger partial charge in [-0.2, -0.15) is 0 Å². The van der Waals surface area contributed by atoms with Gasteiger partial charge in [0.2, 0.25) is 0 Å². The summed E-state index contributed by atoms with van der Waals surface area (Å²) in [5.74, 6) is 0.883. The molecule has 3 rings (SSSR count). The molecule has 0 bridgehead atoms. The lowest BCUT2D eigenvalue weighted by molar-refractivity contribution is -0.0164. The number of hydrogen-bond acceptors (Lipinski definition) is 3. The maximum absolute atomic E-state index is 5.64. The molecule has 0 saturated carbocycles. The van der Waals surface area contributed by atoms with Crippen LogP contribution < -0.4 is 10.6 Å². The van der Waals surface area contributed by atoms with Crippen LogP contribution in [-0.4, -0.2) is 56.3 Å². The highest BCUT2D eigenvalue weighted by molar-refractivity contribution is 5.79. The van der Waals surface area contributed by atoms with Crippen molar-refractivity contribution in [2.45, 2.75) is 44.7 Å². The van der Waals surface area contributed by atoms with E-state index >= 15 is 0 Å². The average Bonchev–Trinajstić information content (AvgIpc) is 3.19. The van der Waals surface area contributed by atoms with Gasteiger partial charge in [0.05, 0.1) is 0 Å². The summed E-state index contributed by atoms with van der Waals surface area (Å²) >= 11 is 0. The van der Waals surface area contributed by atoms with E-state index in [4.69, 9.17) is 4.74 Å². The Morgan fingerprint density at radius 3 is 2.56 bits per heavy atom. The Bertz CT molecular complexity index is 575. The van der Waals surface area contributed by atoms with Crippen molar-refractivity contribution < 1.29 is 4.74 Å². The predicted octanol–water partition coefficient (Wildman–Crippen LogP) is 2.31. The summed E-state index contributed by atoms with van der Waals surface area (Å²) in [6, 6.07) is 8.48. The van der Waals surface area contributed by atoms with E-state index in [9.17, 15) is 0 Å². The molecule has 138 valence electrons. The van der Waals surface area contributed by atoms with Gasteiger partial charge in [0.1, 0.15) is 0 Å². The third kappa shape index (κ3) is 4.53. The van der Waals surface area contributed by atoms with E-state index in [1.165, 1.54) is 37.1 Å². The third-order valence-electron chi connectivity index (χ3n) is 5.72. The van der Waals surface area contributed by atoms with Gasteiger partial charge >= 0.3 is 0 Å². The van der Waals surface area contributed by atoms with Crippen molar-refractivity contribution in [3.05, 3.63) is 35.4 Å². The molecule has 1 aromatic rings. The molecule has 2 heterocycles. The fraction of sp³-hybridized carbons (Fsp3) is 0.650. The zero-order valence-electron chi connectivity index (χ0n) is 15.7. The molecule has 25 heavy (non-hydrogen) atoms. The van der Waals surface area contributed by atoms with Crippen molar-refractivity contribution in [1.82, 2.24) is 15.5 Å². The molecule has 0 aromatic heterocycles. The topological polar surface area (TPSA) is 48.9 Å². The molecule has 0 spiro atoms. The Morgan fingerprint density at radius 2 is 1.88 bits per heavy atom. The summed E-state index contributed by atoms with van der Waals surface area (Å²) in [6.45, 7) is 8.06. The van der Waals surface area contributed by atoms with Crippen molar-refractivity contribution in [3.63, 3.8) is 0 Å². The van der Waals surface area contributed by atoms with Crippen LogP contribution >= 0.6 is 0 Å². The molecule has 0 atom stereocenters. The number of hydrogen-bond donors (Lipinski definition) is 2. The van der Waals surface area contributed by atoms with Crippen LogP contribution in [0.15, 0.2) is 29.3 Å². The summed E-state index contributed by atoms with van der Waals surface area (Å²) in [7, 11) is 1.85. The molecule has 2 fully saturated rings. The lowest BCUT2D eigenvalue weighted by atomic mass is 9.88. The smallest absolute Gasteiger partial charge is 0.191 e. The van der Waals surface area contributed by atoms with E-state index in [1.807, 2.05) is 7.05 Å². The first-order valence-electron chi connectivity index (χ1n) is 9.55. The predicted molar refractivity (Wildman–Crippen MR) is 103 cm³/mol. The van der Waals surface area contributed by atoms with Crippen LogP contribution in [0.2, 0.25) is 0 Å². The molecular formula is C20H32N4O. The molecular weight excluding hydrogens is 312 g/mol. The van der Waals surface area contributed by atoms with Gasteiger partial charge < -0.3 is 15.4 Å². The quantitative estimate of drug-likeness (QED) is 0.636. The van der Waals surface area contributed by atoms with Crippen LogP contribution in [0.1, 0.15) is 36.8 Å². The number of aliphatic imine (C=N–C) groups is 1. The minimum Gasteiger partial charge on any atom is -0.381 e. The van der Waals surface area contributed by atoms with Crippen molar-refractivity contribution >= 4 is 5.96 Å².